The Hall–Kier alpha value is -3.60. The van der Waals surface area contributed by atoms with Crippen LogP contribution in [0.3, 0.4) is 0 Å². The molecule has 0 saturated carbocycles. The van der Waals surface area contributed by atoms with Crippen LogP contribution in [0.1, 0.15) is 51.1 Å². The Labute approximate surface area is 238 Å². The summed E-state index contributed by atoms with van der Waals surface area (Å²) in [7, 11) is 0. The molecule has 0 heterocycles. The minimum atomic E-state index is -0.838. The minimum absolute atomic E-state index is 0.250. The van der Waals surface area contributed by atoms with E-state index in [2.05, 4.69) is 0 Å². The topological polar surface area (TPSA) is 52.6 Å². The maximum absolute atomic E-state index is 13.5. The second-order valence-electron chi connectivity index (χ2n) is 9.86. The lowest BCUT2D eigenvalue weighted by Crippen LogP contribution is -2.48. The predicted molar refractivity (Wildman–Crippen MR) is 154 cm³/mol. The molecule has 198 valence electrons. The highest BCUT2D eigenvalue weighted by molar-refractivity contribution is 6.31. The van der Waals surface area contributed by atoms with Crippen LogP contribution in [0.25, 0.3) is 0 Å². The fraction of sp³-hybridized carbons (Fsp3) is 0.212. The van der Waals surface area contributed by atoms with Crippen molar-refractivity contribution in [3.63, 3.8) is 0 Å². The molecule has 0 aliphatic heterocycles. The summed E-state index contributed by atoms with van der Waals surface area (Å²) in [4.78, 5) is 26.8. The Morgan fingerprint density at radius 1 is 0.821 bits per heavy atom. The number of rotatable bonds is 5. The number of aryl methyl sites for hydroxylation is 1. The molecule has 0 spiro atoms. The Kier molecular flexibility index (Phi) is 8.06. The highest BCUT2D eigenvalue weighted by atomic mass is 35.5. The summed E-state index contributed by atoms with van der Waals surface area (Å²) in [5.41, 5.74) is 4.72. The molecule has 0 saturated heterocycles. The normalized spacial score (nSPS) is 22.4. The van der Waals surface area contributed by atoms with E-state index in [1.807, 2.05) is 62.4 Å². The average Bonchev–Trinajstić information content (AvgIpc) is 3.14. The molecule has 3 aromatic rings. The number of allylic oxidation sites excluding steroid dienone is 4. The van der Waals surface area contributed by atoms with Gasteiger partial charge in [0.15, 0.2) is 6.10 Å². The van der Waals surface area contributed by atoms with Crippen molar-refractivity contribution in [1.82, 2.24) is 0 Å². The molecule has 3 aromatic carbocycles. The second kappa shape index (κ2) is 11.6. The minimum Gasteiger partial charge on any atom is -0.454 e. The summed E-state index contributed by atoms with van der Waals surface area (Å²) in [5, 5.41) is 1.13. The predicted octanol–water partition coefficient (Wildman–Crippen LogP) is 8.21. The van der Waals surface area contributed by atoms with Crippen molar-refractivity contribution < 1.29 is 19.1 Å². The quantitative estimate of drug-likeness (QED) is 0.296. The number of benzene rings is 3. The molecule has 2 aliphatic carbocycles. The summed E-state index contributed by atoms with van der Waals surface area (Å²) in [6.07, 6.45) is 4.83. The van der Waals surface area contributed by atoms with E-state index in [4.69, 9.17) is 32.7 Å². The molecular formula is C33H28Cl2O4. The molecule has 4 atom stereocenters. The van der Waals surface area contributed by atoms with Gasteiger partial charge in [-0.2, -0.15) is 0 Å². The van der Waals surface area contributed by atoms with E-state index in [-0.39, 0.29) is 5.92 Å². The van der Waals surface area contributed by atoms with Gasteiger partial charge in [0.2, 0.25) is 0 Å². The van der Waals surface area contributed by atoms with Gasteiger partial charge < -0.3 is 9.47 Å². The number of hydrogen-bond donors (Lipinski definition) is 0. The van der Waals surface area contributed by atoms with E-state index in [1.54, 1.807) is 48.5 Å². The van der Waals surface area contributed by atoms with Crippen LogP contribution in [0.4, 0.5) is 0 Å². The summed E-state index contributed by atoms with van der Waals surface area (Å²) in [6, 6.07) is 23.3. The third-order valence-electron chi connectivity index (χ3n) is 7.39. The van der Waals surface area contributed by atoms with Crippen molar-refractivity contribution in [2.45, 2.75) is 38.4 Å². The molecule has 5 rings (SSSR count). The average molecular weight is 559 g/mol. The van der Waals surface area contributed by atoms with Gasteiger partial charge in [0.05, 0.1) is 17.0 Å². The Bertz CT molecular complexity index is 1470. The fourth-order valence-electron chi connectivity index (χ4n) is 5.42. The molecule has 2 aliphatic rings. The Balaban J connectivity index is 1.67. The second-order valence-corrected chi connectivity index (χ2v) is 10.7. The molecule has 4 unspecified atom stereocenters. The SMILES string of the molecule is Cc1ccc(Cl)cc1C1C2=C(CC=CC(Cl)=C2)C(C)C(OC(=O)c2ccccc2)C1OC(=O)c1ccccc1. The van der Waals surface area contributed by atoms with Crippen molar-refractivity contribution >= 4 is 35.1 Å². The van der Waals surface area contributed by atoms with Gasteiger partial charge in [-0.1, -0.05) is 84.2 Å². The highest BCUT2D eigenvalue weighted by Crippen LogP contribution is 2.48. The molecule has 0 bridgehead atoms. The summed E-state index contributed by atoms with van der Waals surface area (Å²) in [6.45, 7) is 3.99. The maximum atomic E-state index is 13.5. The number of carbonyl (C=O) groups excluding carboxylic acids is 2. The fourth-order valence-corrected chi connectivity index (χ4v) is 5.81. The van der Waals surface area contributed by atoms with Crippen molar-refractivity contribution in [3.8, 4) is 0 Å². The molecule has 0 radical (unpaired) electrons. The first-order valence-corrected chi connectivity index (χ1v) is 13.6. The number of hydrogen-bond acceptors (Lipinski definition) is 4. The monoisotopic (exact) mass is 558 g/mol. The maximum Gasteiger partial charge on any atom is 0.338 e. The van der Waals surface area contributed by atoms with Crippen LogP contribution in [-0.2, 0) is 9.47 Å². The molecular weight excluding hydrogens is 531 g/mol. The van der Waals surface area contributed by atoms with Crippen LogP contribution in [-0.4, -0.2) is 24.1 Å². The standard InChI is InChI=1S/C33H28Cl2O4/c1-20-16-17-25(35)18-27(20)29-28-19-24(34)14-9-15-26(28)21(2)30(38-32(36)22-10-5-3-6-11-22)31(29)39-33(37)23-12-7-4-8-13-23/h3-14,16-19,21,29-31H,15H2,1-2H3. The van der Waals surface area contributed by atoms with Crippen LogP contribution in [0.5, 0.6) is 0 Å². The zero-order chi connectivity index (χ0) is 27.5. The first kappa shape index (κ1) is 27.0. The van der Waals surface area contributed by atoms with Gasteiger partial charge >= 0.3 is 11.9 Å². The number of carbonyl (C=O) groups is 2. The third-order valence-corrected chi connectivity index (χ3v) is 7.86. The van der Waals surface area contributed by atoms with Gasteiger partial charge in [0.1, 0.15) is 6.10 Å². The Morgan fingerprint density at radius 2 is 1.41 bits per heavy atom. The molecule has 0 amide bonds. The molecule has 0 fully saturated rings. The van der Waals surface area contributed by atoms with E-state index >= 15 is 0 Å². The van der Waals surface area contributed by atoms with Gasteiger partial charge in [-0.3, -0.25) is 0 Å². The van der Waals surface area contributed by atoms with Crippen LogP contribution in [0, 0.1) is 12.8 Å². The Morgan fingerprint density at radius 3 is 2.03 bits per heavy atom. The number of halogens is 2. The van der Waals surface area contributed by atoms with E-state index in [0.29, 0.717) is 27.6 Å². The molecule has 0 N–H and O–H groups in total. The van der Waals surface area contributed by atoms with Crippen LogP contribution >= 0.6 is 23.2 Å². The van der Waals surface area contributed by atoms with E-state index in [9.17, 15) is 9.59 Å². The molecule has 39 heavy (non-hydrogen) atoms. The zero-order valence-electron chi connectivity index (χ0n) is 21.6. The summed E-state index contributed by atoms with van der Waals surface area (Å²) >= 11 is 13.1. The van der Waals surface area contributed by atoms with Gasteiger partial charge in [0.25, 0.3) is 0 Å². The van der Waals surface area contributed by atoms with Crippen molar-refractivity contribution in [3.05, 3.63) is 141 Å². The summed E-state index contributed by atoms with van der Waals surface area (Å²) < 4.78 is 12.5. The van der Waals surface area contributed by atoms with Crippen LogP contribution < -0.4 is 0 Å². The van der Waals surface area contributed by atoms with E-state index in [0.717, 1.165) is 22.3 Å². The van der Waals surface area contributed by atoms with Gasteiger partial charge in [-0.25, -0.2) is 9.59 Å². The third kappa shape index (κ3) is 5.73. The zero-order valence-corrected chi connectivity index (χ0v) is 23.2. The van der Waals surface area contributed by atoms with Crippen molar-refractivity contribution in [2.75, 3.05) is 0 Å². The molecule has 4 nitrogen and oxygen atoms in total. The first-order valence-electron chi connectivity index (χ1n) is 12.9. The lowest BCUT2D eigenvalue weighted by molar-refractivity contribution is -0.0593. The molecule has 6 heteroatoms. The summed E-state index contributed by atoms with van der Waals surface area (Å²) in [5.74, 6) is -1.69. The van der Waals surface area contributed by atoms with Gasteiger partial charge in [0, 0.05) is 16.0 Å². The van der Waals surface area contributed by atoms with E-state index in [1.165, 1.54) is 0 Å². The lowest BCUT2D eigenvalue weighted by Gasteiger charge is -2.43. The molecule has 0 aromatic heterocycles. The van der Waals surface area contributed by atoms with Crippen LogP contribution in [0.15, 0.2) is 113 Å². The van der Waals surface area contributed by atoms with Crippen LogP contribution in [0.2, 0.25) is 5.02 Å². The van der Waals surface area contributed by atoms with Gasteiger partial charge in [-0.15, -0.1) is 0 Å². The largest absolute Gasteiger partial charge is 0.454 e. The van der Waals surface area contributed by atoms with Crippen molar-refractivity contribution in [2.24, 2.45) is 5.92 Å². The number of esters is 2. The van der Waals surface area contributed by atoms with Gasteiger partial charge in [-0.05, 0) is 78.6 Å². The van der Waals surface area contributed by atoms with E-state index < -0.39 is 30.1 Å². The first-order chi connectivity index (χ1) is 18.8. The number of ether oxygens (including phenoxy) is 2. The lowest BCUT2D eigenvalue weighted by atomic mass is 9.69. The smallest absolute Gasteiger partial charge is 0.338 e. The highest BCUT2D eigenvalue weighted by Gasteiger charge is 2.47. The van der Waals surface area contributed by atoms with Crippen molar-refractivity contribution in [1.29, 1.82) is 0 Å².